The molecule has 2 heterocycles. The number of carbonyl (C=O) groups is 2. The number of thiophene rings is 1. The van der Waals surface area contributed by atoms with Crippen LogP contribution in [0.3, 0.4) is 0 Å². The van der Waals surface area contributed by atoms with Gasteiger partial charge in [-0.05, 0) is 11.4 Å². The predicted molar refractivity (Wildman–Crippen MR) is 68.8 cm³/mol. The van der Waals surface area contributed by atoms with Crippen molar-refractivity contribution in [1.29, 1.82) is 0 Å². The minimum Gasteiger partial charge on any atom is -0.349 e. The molecule has 0 fully saturated rings. The summed E-state index contributed by atoms with van der Waals surface area (Å²) in [6.45, 7) is 1.89. The highest BCUT2D eigenvalue weighted by Gasteiger charge is 2.10. The second kappa shape index (κ2) is 6.24. The molecule has 19 heavy (non-hydrogen) atoms. The van der Waals surface area contributed by atoms with Crippen molar-refractivity contribution < 1.29 is 14.1 Å². The van der Waals surface area contributed by atoms with Crippen LogP contribution in [0.5, 0.6) is 0 Å². The van der Waals surface area contributed by atoms with Crippen LogP contribution in [-0.4, -0.2) is 21.8 Å². The van der Waals surface area contributed by atoms with Gasteiger partial charge in [0, 0.05) is 19.8 Å². The van der Waals surface area contributed by atoms with Gasteiger partial charge < -0.3 is 9.84 Å². The van der Waals surface area contributed by atoms with E-state index in [0.29, 0.717) is 16.6 Å². The molecule has 2 aromatic rings. The number of aromatic nitrogens is 2. The molecule has 1 amide bonds. The van der Waals surface area contributed by atoms with Gasteiger partial charge in [0.2, 0.25) is 11.8 Å². The summed E-state index contributed by atoms with van der Waals surface area (Å²) in [6, 6.07) is 3.57. The van der Waals surface area contributed by atoms with Crippen LogP contribution in [0.25, 0.3) is 0 Å². The van der Waals surface area contributed by atoms with Gasteiger partial charge in [0.25, 0.3) is 0 Å². The van der Waals surface area contributed by atoms with Crippen molar-refractivity contribution in [2.45, 2.75) is 26.3 Å². The summed E-state index contributed by atoms with van der Waals surface area (Å²) in [4.78, 5) is 27.9. The Morgan fingerprint density at radius 3 is 2.89 bits per heavy atom. The van der Waals surface area contributed by atoms with E-state index in [4.69, 9.17) is 4.52 Å². The number of hydrogen-bond donors (Lipinski definition) is 1. The topological polar surface area (TPSA) is 85.1 Å². The molecule has 6 nitrogen and oxygen atoms in total. The van der Waals surface area contributed by atoms with E-state index in [-0.39, 0.29) is 31.1 Å². The quantitative estimate of drug-likeness (QED) is 0.814. The molecule has 0 spiro atoms. The Balaban J connectivity index is 1.71. The Morgan fingerprint density at radius 1 is 1.42 bits per heavy atom. The first-order valence-electron chi connectivity index (χ1n) is 5.78. The number of nitrogens with one attached hydrogen (secondary N) is 1. The van der Waals surface area contributed by atoms with Gasteiger partial charge in [-0.3, -0.25) is 9.59 Å². The third kappa shape index (κ3) is 3.99. The zero-order valence-corrected chi connectivity index (χ0v) is 11.2. The van der Waals surface area contributed by atoms with E-state index in [1.54, 1.807) is 13.0 Å². The molecule has 2 rings (SSSR count). The molecule has 0 bridgehead atoms. The van der Waals surface area contributed by atoms with Crippen molar-refractivity contribution in [2.75, 3.05) is 0 Å². The van der Waals surface area contributed by atoms with E-state index < -0.39 is 0 Å². The molecule has 100 valence electrons. The van der Waals surface area contributed by atoms with Crippen LogP contribution in [0.15, 0.2) is 22.0 Å². The number of Topliss-reactive ketones (excluding diaryl/α,β-unsaturated/α-hetero) is 1. The van der Waals surface area contributed by atoms with Gasteiger partial charge in [0.15, 0.2) is 11.6 Å². The number of ketones is 1. The Labute approximate surface area is 113 Å². The van der Waals surface area contributed by atoms with Crippen LogP contribution in [0.4, 0.5) is 0 Å². The zero-order valence-electron chi connectivity index (χ0n) is 10.4. The second-order valence-corrected chi connectivity index (χ2v) is 4.85. The lowest BCUT2D eigenvalue weighted by molar-refractivity contribution is -0.121. The Hall–Kier alpha value is -2.02. The smallest absolute Gasteiger partial charge is 0.223 e. The molecule has 2 aromatic heterocycles. The molecule has 0 saturated heterocycles. The molecule has 0 aromatic carbocycles. The average Bonchev–Trinajstić information content (AvgIpc) is 3.04. The first-order chi connectivity index (χ1) is 9.15. The average molecular weight is 279 g/mol. The maximum absolute atomic E-state index is 11.7. The highest BCUT2D eigenvalue weighted by molar-refractivity contribution is 7.12. The van der Waals surface area contributed by atoms with Crippen LogP contribution in [0.1, 0.15) is 34.2 Å². The largest absolute Gasteiger partial charge is 0.349 e. The van der Waals surface area contributed by atoms with E-state index in [1.165, 1.54) is 11.3 Å². The highest BCUT2D eigenvalue weighted by atomic mass is 32.1. The van der Waals surface area contributed by atoms with Crippen LogP contribution in [0, 0.1) is 6.92 Å². The summed E-state index contributed by atoms with van der Waals surface area (Å²) in [5.41, 5.74) is 0. The van der Waals surface area contributed by atoms with Gasteiger partial charge in [0.05, 0.1) is 11.4 Å². The van der Waals surface area contributed by atoms with Gasteiger partial charge in [-0.1, -0.05) is 11.2 Å². The van der Waals surface area contributed by atoms with Gasteiger partial charge in [-0.25, -0.2) is 0 Å². The van der Waals surface area contributed by atoms with Crippen molar-refractivity contribution in [3.8, 4) is 0 Å². The normalized spacial score (nSPS) is 10.4. The van der Waals surface area contributed by atoms with E-state index in [1.807, 2.05) is 11.4 Å². The van der Waals surface area contributed by atoms with Gasteiger partial charge in [-0.15, -0.1) is 11.3 Å². The molecule has 0 aliphatic carbocycles. The highest BCUT2D eigenvalue weighted by Crippen LogP contribution is 2.12. The van der Waals surface area contributed by atoms with Gasteiger partial charge in [-0.2, -0.15) is 4.98 Å². The van der Waals surface area contributed by atoms with Crippen LogP contribution >= 0.6 is 11.3 Å². The molecule has 0 aliphatic heterocycles. The van der Waals surface area contributed by atoms with E-state index in [9.17, 15) is 9.59 Å². The van der Waals surface area contributed by atoms with E-state index in [0.717, 1.165) is 0 Å². The molecule has 0 aliphatic rings. The summed E-state index contributed by atoms with van der Waals surface area (Å²) in [7, 11) is 0. The third-order valence-corrected chi connectivity index (χ3v) is 3.30. The number of carbonyl (C=O) groups excluding carboxylic acids is 2. The van der Waals surface area contributed by atoms with E-state index in [2.05, 4.69) is 15.5 Å². The zero-order chi connectivity index (χ0) is 13.7. The number of aryl methyl sites for hydroxylation is 1. The van der Waals surface area contributed by atoms with Crippen LogP contribution in [0.2, 0.25) is 0 Å². The first-order valence-corrected chi connectivity index (χ1v) is 6.65. The molecular weight excluding hydrogens is 266 g/mol. The molecule has 0 atom stereocenters. The van der Waals surface area contributed by atoms with Crippen LogP contribution < -0.4 is 5.32 Å². The minimum atomic E-state index is -0.202. The fourth-order valence-corrected chi connectivity index (χ4v) is 2.16. The van der Waals surface area contributed by atoms with Gasteiger partial charge >= 0.3 is 0 Å². The van der Waals surface area contributed by atoms with Crippen LogP contribution in [-0.2, 0) is 11.3 Å². The first kappa shape index (κ1) is 13.4. The lowest BCUT2D eigenvalue weighted by Crippen LogP contribution is -2.23. The van der Waals surface area contributed by atoms with Gasteiger partial charge in [0.1, 0.15) is 0 Å². The number of amides is 1. The maximum Gasteiger partial charge on any atom is 0.223 e. The molecular formula is C12H13N3O3S. The molecule has 0 saturated carbocycles. The Morgan fingerprint density at radius 2 is 2.26 bits per heavy atom. The lowest BCUT2D eigenvalue weighted by atomic mass is 10.2. The van der Waals surface area contributed by atoms with Crippen molar-refractivity contribution in [2.24, 2.45) is 0 Å². The second-order valence-electron chi connectivity index (χ2n) is 3.91. The van der Waals surface area contributed by atoms with Crippen molar-refractivity contribution >= 4 is 23.0 Å². The predicted octanol–water partition coefficient (Wildman–Crippen LogP) is 1.72. The number of nitrogens with zero attached hydrogens (tertiary/aromatic N) is 2. The van der Waals surface area contributed by atoms with Crippen molar-refractivity contribution in [1.82, 2.24) is 15.5 Å². The lowest BCUT2D eigenvalue weighted by Gasteiger charge is -2.01. The maximum atomic E-state index is 11.7. The Bertz CT molecular complexity index is 563. The summed E-state index contributed by atoms with van der Waals surface area (Å²) < 4.78 is 4.78. The monoisotopic (exact) mass is 279 g/mol. The van der Waals surface area contributed by atoms with Crippen molar-refractivity contribution in [3.63, 3.8) is 0 Å². The molecule has 7 heteroatoms. The van der Waals surface area contributed by atoms with Crippen molar-refractivity contribution in [3.05, 3.63) is 34.1 Å². The fraction of sp³-hybridized carbons (Fsp3) is 0.333. The summed E-state index contributed by atoms with van der Waals surface area (Å²) in [6.07, 6.45) is 0.366. The number of hydrogen-bond acceptors (Lipinski definition) is 6. The SMILES string of the molecule is Cc1nc(CNC(=O)CCC(=O)c2cccs2)no1. The minimum absolute atomic E-state index is 0.0134. The summed E-state index contributed by atoms with van der Waals surface area (Å²) in [5, 5.41) is 8.14. The summed E-state index contributed by atoms with van der Waals surface area (Å²) >= 11 is 1.38. The molecule has 1 N–H and O–H groups in total. The summed E-state index contributed by atoms with van der Waals surface area (Å²) in [5.74, 6) is 0.667. The standard InChI is InChI=1S/C12H13N3O3S/c1-8-14-11(15-18-8)7-13-12(17)5-4-9(16)10-3-2-6-19-10/h2-3,6H,4-5,7H2,1H3,(H,13,17). The Kier molecular flexibility index (Phi) is 4.40. The third-order valence-electron chi connectivity index (χ3n) is 2.39. The number of rotatable bonds is 6. The fourth-order valence-electron chi connectivity index (χ4n) is 1.47. The van der Waals surface area contributed by atoms with E-state index >= 15 is 0 Å². The molecule has 0 unspecified atom stereocenters. The molecule has 0 radical (unpaired) electrons.